The molecule has 0 saturated carbocycles. The quantitative estimate of drug-likeness (QED) is 0.650. The number of carbonyl (C=O) groups excluding carboxylic acids is 1. The summed E-state index contributed by atoms with van der Waals surface area (Å²) in [5.74, 6) is 0.625. The summed E-state index contributed by atoms with van der Waals surface area (Å²) in [6.07, 6.45) is 2.63. The van der Waals surface area contributed by atoms with Gasteiger partial charge in [-0.25, -0.2) is 0 Å². The second-order valence-corrected chi connectivity index (χ2v) is 5.91. The first-order chi connectivity index (χ1) is 10.1. The predicted octanol–water partition coefficient (Wildman–Crippen LogP) is 3.69. The third-order valence-corrected chi connectivity index (χ3v) is 3.34. The zero-order valence-electron chi connectivity index (χ0n) is 13.4. The molecule has 1 rings (SSSR count). The molecule has 0 fully saturated rings. The van der Waals surface area contributed by atoms with Crippen LogP contribution in [-0.2, 0) is 6.42 Å². The van der Waals surface area contributed by atoms with Gasteiger partial charge in [0.15, 0.2) is 5.78 Å². The lowest BCUT2D eigenvalue weighted by Gasteiger charge is -2.22. The van der Waals surface area contributed by atoms with Gasteiger partial charge in [0.1, 0.15) is 0 Å². The Morgan fingerprint density at radius 3 is 2.48 bits per heavy atom. The summed E-state index contributed by atoms with van der Waals surface area (Å²) >= 11 is 0. The number of benzene rings is 1. The Hall–Kier alpha value is -1.66. The van der Waals surface area contributed by atoms with Gasteiger partial charge in [0, 0.05) is 25.1 Å². The second-order valence-electron chi connectivity index (χ2n) is 5.91. The fourth-order valence-electron chi connectivity index (χ4n) is 2.40. The number of carbonyl (C=O) groups is 1. The molecule has 0 heterocycles. The summed E-state index contributed by atoms with van der Waals surface area (Å²) < 4.78 is 0. The van der Waals surface area contributed by atoms with E-state index in [1.807, 2.05) is 24.3 Å². The Labute approximate surface area is 128 Å². The molecule has 3 nitrogen and oxygen atoms in total. The first-order valence-electron chi connectivity index (χ1n) is 7.78. The van der Waals surface area contributed by atoms with Gasteiger partial charge in [0.2, 0.25) is 0 Å². The van der Waals surface area contributed by atoms with Crippen molar-refractivity contribution in [1.82, 2.24) is 4.90 Å². The summed E-state index contributed by atoms with van der Waals surface area (Å²) in [7, 11) is 0. The molecule has 0 aliphatic rings. The van der Waals surface area contributed by atoms with Crippen LogP contribution >= 0.6 is 0 Å². The van der Waals surface area contributed by atoms with Crippen LogP contribution < -0.4 is 0 Å². The summed E-state index contributed by atoms with van der Waals surface area (Å²) in [5.41, 5.74) is 2.04. The molecule has 0 bridgehead atoms. The minimum atomic E-state index is 0.136. The van der Waals surface area contributed by atoms with E-state index in [0.717, 1.165) is 24.9 Å². The van der Waals surface area contributed by atoms with E-state index in [1.54, 1.807) is 0 Å². The molecule has 0 radical (unpaired) electrons. The van der Waals surface area contributed by atoms with Crippen LogP contribution in [0.5, 0.6) is 0 Å². The summed E-state index contributed by atoms with van der Waals surface area (Å²) in [5, 5.41) is 8.72. The Morgan fingerprint density at radius 1 is 1.29 bits per heavy atom. The van der Waals surface area contributed by atoms with Crippen LogP contribution in [0.1, 0.15) is 49.5 Å². The number of hydrogen-bond acceptors (Lipinski definition) is 3. The van der Waals surface area contributed by atoms with Crippen molar-refractivity contribution in [1.29, 1.82) is 5.26 Å². The fraction of sp³-hybridized carbons (Fsp3) is 0.556. The summed E-state index contributed by atoms with van der Waals surface area (Å²) in [4.78, 5) is 14.4. The normalized spacial score (nSPS) is 10.9. The molecule has 0 atom stereocenters. The van der Waals surface area contributed by atoms with Crippen LogP contribution in [0.4, 0.5) is 0 Å². The van der Waals surface area contributed by atoms with Gasteiger partial charge in [0.05, 0.1) is 12.6 Å². The molecule has 114 valence electrons. The predicted molar refractivity (Wildman–Crippen MR) is 86.3 cm³/mol. The van der Waals surface area contributed by atoms with E-state index < -0.39 is 0 Å². The highest BCUT2D eigenvalue weighted by Crippen LogP contribution is 2.09. The molecule has 0 aliphatic carbocycles. The number of ketones is 1. The van der Waals surface area contributed by atoms with Gasteiger partial charge in [0.25, 0.3) is 0 Å². The van der Waals surface area contributed by atoms with E-state index in [1.165, 1.54) is 5.56 Å². The molecule has 0 saturated heterocycles. The topological polar surface area (TPSA) is 44.1 Å². The molecule has 0 amide bonds. The maximum absolute atomic E-state index is 12.3. The third-order valence-electron chi connectivity index (χ3n) is 3.34. The van der Waals surface area contributed by atoms with Gasteiger partial charge in [-0.15, -0.1) is 0 Å². The van der Waals surface area contributed by atoms with Crippen molar-refractivity contribution in [3.05, 3.63) is 35.4 Å². The second kappa shape index (κ2) is 9.31. The summed E-state index contributed by atoms with van der Waals surface area (Å²) in [6.45, 7) is 8.31. The van der Waals surface area contributed by atoms with E-state index in [2.05, 4.69) is 31.7 Å². The van der Waals surface area contributed by atoms with Crippen molar-refractivity contribution in [3.8, 4) is 6.07 Å². The zero-order chi connectivity index (χ0) is 15.7. The van der Waals surface area contributed by atoms with Crippen molar-refractivity contribution < 1.29 is 4.79 Å². The molecule has 0 unspecified atom stereocenters. The van der Waals surface area contributed by atoms with Gasteiger partial charge in [-0.1, -0.05) is 51.5 Å². The number of rotatable bonds is 9. The van der Waals surface area contributed by atoms with Gasteiger partial charge >= 0.3 is 0 Å². The highest BCUT2D eigenvalue weighted by Gasteiger charge is 2.13. The number of aryl methyl sites for hydroxylation is 1. The van der Waals surface area contributed by atoms with Crippen LogP contribution in [0.2, 0.25) is 0 Å². The first kappa shape index (κ1) is 17.4. The van der Waals surface area contributed by atoms with Gasteiger partial charge in [-0.2, -0.15) is 5.26 Å². The molecule has 0 aliphatic heterocycles. The van der Waals surface area contributed by atoms with Gasteiger partial charge in [-0.05, 0) is 17.9 Å². The molecule has 1 aromatic rings. The highest BCUT2D eigenvalue weighted by atomic mass is 16.1. The average Bonchev–Trinajstić information content (AvgIpc) is 2.45. The van der Waals surface area contributed by atoms with Crippen LogP contribution in [0.3, 0.4) is 0 Å². The lowest BCUT2D eigenvalue weighted by molar-refractivity contribution is 0.0924. The van der Waals surface area contributed by atoms with Crippen molar-refractivity contribution in [2.75, 3.05) is 19.6 Å². The first-order valence-corrected chi connectivity index (χ1v) is 7.78. The molecule has 1 aromatic carbocycles. The van der Waals surface area contributed by atoms with Gasteiger partial charge < -0.3 is 0 Å². The maximum atomic E-state index is 12.3. The van der Waals surface area contributed by atoms with Crippen LogP contribution in [-0.4, -0.2) is 30.3 Å². The van der Waals surface area contributed by atoms with Crippen LogP contribution in [0.25, 0.3) is 0 Å². The third kappa shape index (κ3) is 6.55. The molecular weight excluding hydrogens is 260 g/mol. The highest BCUT2D eigenvalue weighted by molar-refractivity contribution is 5.97. The smallest absolute Gasteiger partial charge is 0.176 e. The Bertz CT molecular complexity index is 471. The average molecular weight is 286 g/mol. The van der Waals surface area contributed by atoms with Crippen molar-refractivity contribution in [3.63, 3.8) is 0 Å². The van der Waals surface area contributed by atoms with Crippen molar-refractivity contribution >= 4 is 5.78 Å². The monoisotopic (exact) mass is 286 g/mol. The van der Waals surface area contributed by atoms with E-state index in [4.69, 9.17) is 5.26 Å². The number of nitrogens with zero attached hydrogens (tertiary/aromatic N) is 2. The minimum absolute atomic E-state index is 0.136. The van der Waals surface area contributed by atoms with Crippen molar-refractivity contribution in [2.24, 2.45) is 5.92 Å². The minimum Gasteiger partial charge on any atom is -0.295 e. The number of hydrogen-bond donors (Lipinski definition) is 0. The Morgan fingerprint density at radius 2 is 1.95 bits per heavy atom. The molecule has 0 N–H and O–H groups in total. The fourth-order valence-corrected chi connectivity index (χ4v) is 2.40. The maximum Gasteiger partial charge on any atom is 0.176 e. The number of nitriles is 1. The molecule has 21 heavy (non-hydrogen) atoms. The molecule has 0 aromatic heterocycles. The largest absolute Gasteiger partial charge is 0.295 e. The SMILES string of the molecule is CCCc1ccc(C(=O)CN(CCC#N)CC(C)C)cc1. The van der Waals surface area contributed by atoms with E-state index >= 15 is 0 Å². The molecule has 0 spiro atoms. The number of Topliss-reactive ketones (excluding diaryl/α,β-unsaturated/α-hetero) is 1. The van der Waals surface area contributed by atoms with Crippen LogP contribution in [0.15, 0.2) is 24.3 Å². The van der Waals surface area contributed by atoms with E-state index in [-0.39, 0.29) is 5.78 Å². The summed E-state index contributed by atoms with van der Waals surface area (Å²) in [6, 6.07) is 10.1. The van der Waals surface area contributed by atoms with Crippen LogP contribution in [0, 0.1) is 17.2 Å². The molecule has 3 heteroatoms. The molecular formula is C18H26N2O. The zero-order valence-corrected chi connectivity index (χ0v) is 13.4. The van der Waals surface area contributed by atoms with E-state index in [0.29, 0.717) is 25.4 Å². The Balaban J connectivity index is 2.65. The lowest BCUT2D eigenvalue weighted by Crippen LogP contribution is -2.33. The van der Waals surface area contributed by atoms with Crippen molar-refractivity contribution in [2.45, 2.75) is 40.0 Å². The van der Waals surface area contributed by atoms with Gasteiger partial charge in [-0.3, -0.25) is 9.69 Å². The van der Waals surface area contributed by atoms with E-state index in [9.17, 15) is 4.79 Å². The lowest BCUT2D eigenvalue weighted by atomic mass is 10.0. The standard InChI is InChI=1S/C18H26N2O/c1-4-6-16-7-9-17(10-8-16)18(21)14-20(12-5-11-19)13-15(2)3/h7-10,15H,4-6,12-14H2,1-3H3. The Kier molecular flexibility index (Phi) is 7.71.